The van der Waals surface area contributed by atoms with Gasteiger partial charge in [0, 0.05) is 36.9 Å². The Hall–Kier alpha value is -3.37. The van der Waals surface area contributed by atoms with Gasteiger partial charge < -0.3 is 20.3 Å². The first-order valence-corrected chi connectivity index (χ1v) is 13.5. The predicted octanol–water partition coefficient (Wildman–Crippen LogP) is 5.58. The van der Waals surface area contributed by atoms with Crippen LogP contribution >= 0.6 is 11.6 Å². The molecule has 198 valence electrons. The SMILES string of the molecule is CC(C)C[C@H](O[C@@H](c1ccc(Cl)cc1)c1ccc(-c2ccc(N3CCNCC3)cc2)cc1)C(=O)NCC#N. The van der Waals surface area contributed by atoms with Crippen molar-refractivity contribution in [2.75, 3.05) is 37.6 Å². The number of ether oxygens (including phenoxy) is 1. The lowest BCUT2D eigenvalue weighted by molar-refractivity contribution is -0.136. The van der Waals surface area contributed by atoms with Gasteiger partial charge >= 0.3 is 0 Å². The van der Waals surface area contributed by atoms with Crippen molar-refractivity contribution in [3.63, 3.8) is 0 Å². The summed E-state index contributed by atoms with van der Waals surface area (Å²) in [5.41, 5.74) is 5.35. The summed E-state index contributed by atoms with van der Waals surface area (Å²) in [7, 11) is 0. The Labute approximate surface area is 230 Å². The van der Waals surface area contributed by atoms with Crippen LogP contribution in [0.25, 0.3) is 11.1 Å². The van der Waals surface area contributed by atoms with Crippen LogP contribution in [-0.2, 0) is 9.53 Å². The van der Waals surface area contributed by atoms with Crippen molar-refractivity contribution in [3.05, 3.63) is 88.9 Å². The zero-order chi connectivity index (χ0) is 26.9. The summed E-state index contributed by atoms with van der Waals surface area (Å²) in [6, 6.07) is 26.5. The Morgan fingerprint density at radius 1 is 0.974 bits per heavy atom. The molecule has 2 atom stereocenters. The minimum Gasteiger partial charge on any atom is -0.369 e. The van der Waals surface area contributed by atoms with Crippen LogP contribution in [0, 0.1) is 17.2 Å². The van der Waals surface area contributed by atoms with E-state index in [4.69, 9.17) is 21.6 Å². The van der Waals surface area contributed by atoms with Gasteiger partial charge in [-0.05, 0) is 58.9 Å². The molecule has 0 saturated carbocycles. The summed E-state index contributed by atoms with van der Waals surface area (Å²) < 4.78 is 6.49. The number of carbonyl (C=O) groups is 1. The molecule has 0 radical (unpaired) electrons. The van der Waals surface area contributed by atoms with E-state index in [1.807, 2.05) is 44.2 Å². The highest BCUT2D eigenvalue weighted by molar-refractivity contribution is 6.30. The van der Waals surface area contributed by atoms with Crippen molar-refractivity contribution in [2.45, 2.75) is 32.5 Å². The highest BCUT2D eigenvalue weighted by Crippen LogP contribution is 2.32. The van der Waals surface area contributed by atoms with Crippen molar-refractivity contribution in [3.8, 4) is 17.2 Å². The van der Waals surface area contributed by atoms with Crippen LogP contribution in [0.3, 0.4) is 0 Å². The van der Waals surface area contributed by atoms with Gasteiger partial charge in [0.1, 0.15) is 18.8 Å². The van der Waals surface area contributed by atoms with Gasteiger partial charge in [0.05, 0.1) is 6.07 Å². The molecule has 0 aromatic heterocycles. The molecule has 0 bridgehead atoms. The first-order valence-electron chi connectivity index (χ1n) is 13.2. The molecular formula is C31H35ClN4O2. The third-order valence-corrected chi connectivity index (χ3v) is 6.94. The topological polar surface area (TPSA) is 77.4 Å². The van der Waals surface area contributed by atoms with Gasteiger partial charge in [0.2, 0.25) is 5.91 Å². The molecule has 2 N–H and O–H groups in total. The Morgan fingerprint density at radius 3 is 2.08 bits per heavy atom. The van der Waals surface area contributed by atoms with E-state index >= 15 is 0 Å². The Morgan fingerprint density at radius 2 is 1.53 bits per heavy atom. The molecule has 0 spiro atoms. The van der Waals surface area contributed by atoms with E-state index in [2.05, 4.69) is 64.1 Å². The molecule has 3 aromatic carbocycles. The maximum absolute atomic E-state index is 12.9. The standard InChI is InChI=1S/C31H35ClN4O2/c1-22(2)21-29(31(37)35-16-15-33)38-30(26-7-11-27(32)12-8-26)25-5-3-23(4-6-25)24-9-13-28(14-10-24)36-19-17-34-18-20-36/h3-14,22,29-30,34H,16-21H2,1-2H3,(H,35,37)/t29-,30+/m0/s1. The molecule has 1 amide bonds. The zero-order valence-electron chi connectivity index (χ0n) is 22.0. The van der Waals surface area contributed by atoms with E-state index in [9.17, 15) is 4.79 Å². The number of halogens is 1. The summed E-state index contributed by atoms with van der Waals surface area (Å²) >= 11 is 6.15. The fourth-order valence-corrected chi connectivity index (χ4v) is 4.81. The fourth-order valence-electron chi connectivity index (χ4n) is 4.68. The molecule has 7 heteroatoms. The Kier molecular flexibility index (Phi) is 9.78. The van der Waals surface area contributed by atoms with Crippen LogP contribution in [0.5, 0.6) is 0 Å². The second-order valence-electron chi connectivity index (χ2n) is 9.97. The lowest BCUT2D eigenvalue weighted by Crippen LogP contribution is -2.43. The number of nitrogens with one attached hydrogen (secondary N) is 2. The maximum atomic E-state index is 12.9. The highest BCUT2D eigenvalue weighted by atomic mass is 35.5. The van der Waals surface area contributed by atoms with Crippen LogP contribution in [0.4, 0.5) is 5.69 Å². The molecule has 4 rings (SSSR count). The molecule has 38 heavy (non-hydrogen) atoms. The van der Waals surface area contributed by atoms with Gasteiger partial charge in [0.25, 0.3) is 0 Å². The van der Waals surface area contributed by atoms with E-state index in [0.29, 0.717) is 11.4 Å². The van der Waals surface area contributed by atoms with Crippen LogP contribution in [0.1, 0.15) is 37.5 Å². The minimum absolute atomic E-state index is 0.0511. The quantitative estimate of drug-likeness (QED) is 0.335. The van der Waals surface area contributed by atoms with Crippen molar-refractivity contribution in [1.29, 1.82) is 5.26 Å². The number of benzene rings is 3. The number of carbonyl (C=O) groups excluding carboxylic acids is 1. The van der Waals surface area contributed by atoms with Gasteiger partial charge in [-0.3, -0.25) is 4.79 Å². The number of nitriles is 1. The van der Waals surface area contributed by atoms with Gasteiger partial charge in [-0.1, -0.05) is 74.0 Å². The Bertz CT molecular complexity index is 1210. The second-order valence-corrected chi connectivity index (χ2v) is 10.4. The van der Waals surface area contributed by atoms with Gasteiger partial charge in [-0.15, -0.1) is 0 Å². The number of hydrogen-bond acceptors (Lipinski definition) is 5. The molecular weight excluding hydrogens is 496 g/mol. The van der Waals surface area contributed by atoms with Crippen molar-refractivity contribution >= 4 is 23.2 Å². The van der Waals surface area contributed by atoms with Crippen LogP contribution in [0.2, 0.25) is 5.02 Å². The van der Waals surface area contributed by atoms with E-state index in [1.165, 1.54) is 5.69 Å². The van der Waals surface area contributed by atoms with Gasteiger partial charge in [0.15, 0.2) is 0 Å². The molecule has 3 aromatic rings. The molecule has 1 fully saturated rings. The molecule has 6 nitrogen and oxygen atoms in total. The smallest absolute Gasteiger partial charge is 0.250 e. The monoisotopic (exact) mass is 530 g/mol. The molecule has 0 unspecified atom stereocenters. The van der Waals surface area contributed by atoms with E-state index < -0.39 is 12.2 Å². The van der Waals surface area contributed by atoms with Crippen LogP contribution in [0.15, 0.2) is 72.8 Å². The van der Waals surface area contributed by atoms with Crippen molar-refractivity contribution in [1.82, 2.24) is 10.6 Å². The molecule has 0 aliphatic carbocycles. The summed E-state index contributed by atoms with van der Waals surface area (Å²) in [5, 5.41) is 15.6. The molecule has 1 aliphatic heterocycles. The summed E-state index contributed by atoms with van der Waals surface area (Å²) in [5.74, 6) is -0.0364. The lowest BCUT2D eigenvalue weighted by Gasteiger charge is -2.29. The lowest BCUT2D eigenvalue weighted by atomic mass is 9.97. The summed E-state index contributed by atoms with van der Waals surface area (Å²) in [6.07, 6.45) is -0.618. The number of amides is 1. The fraction of sp³-hybridized carbons (Fsp3) is 0.355. The van der Waals surface area contributed by atoms with Gasteiger partial charge in [-0.2, -0.15) is 5.26 Å². The molecule has 1 aliphatic rings. The maximum Gasteiger partial charge on any atom is 0.250 e. The summed E-state index contributed by atoms with van der Waals surface area (Å²) in [6.45, 7) is 8.11. The normalized spacial score (nSPS) is 15.1. The summed E-state index contributed by atoms with van der Waals surface area (Å²) in [4.78, 5) is 15.3. The Balaban J connectivity index is 1.58. The zero-order valence-corrected chi connectivity index (χ0v) is 22.7. The number of rotatable bonds is 10. The second kappa shape index (κ2) is 13.4. The number of anilines is 1. The number of piperazine rings is 1. The first kappa shape index (κ1) is 27.7. The van der Waals surface area contributed by atoms with E-state index in [-0.39, 0.29) is 18.4 Å². The molecule has 1 saturated heterocycles. The average molecular weight is 531 g/mol. The number of nitrogens with zero attached hydrogens (tertiary/aromatic N) is 2. The number of hydrogen-bond donors (Lipinski definition) is 2. The minimum atomic E-state index is -0.693. The van der Waals surface area contributed by atoms with E-state index in [0.717, 1.165) is 48.4 Å². The third-order valence-electron chi connectivity index (χ3n) is 6.69. The first-order chi connectivity index (χ1) is 18.4. The van der Waals surface area contributed by atoms with E-state index in [1.54, 1.807) is 0 Å². The van der Waals surface area contributed by atoms with Crippen LogP contribution < -0.4 is 15.5 Å². The van der Waals surface area contributed by atoms with Crippen molar-refractivity contribution in [2.24, 2.45) is 5.92 Å². The predicted molar refractivity (Wildman–Crippen MR) is 153 cm³/mol. The van der Waals surface area contributed by atoms with Crippen LogP contribution in [-0.4, -0.2) is 44.7 Å². The average Bonchev–Trinajstić information content (AvgIpc) is 2.95. The molecule has 1 heterocycles. The van der Waals surface area contributed by atoms with Crippen molar-refractivity contribution < 1.29 is 9.53 Å². The highest BCUT2D eigenvalue weighted by Gasteiger charge is 2.26. The van der Waals surface area contributed by atoms with Gasteiger partial charge in [-0.25, -0.2) is 0 Å². The third kappa shape index (κ3) is 7.35. The largest absolute Gasteiger partial charge is 0.369 e.